The van der Waals surface area contributed by atoms with Crippen LogP contribution in [0.5, 0.6) is 0 Å². The molecule has 5 heteroatoms. The maximum Gasteiger partial charge on any atom is 0.164 e. The van der Waals surface area contributed by atoms with Crippen LogP contribution in [-0.2, 0) is 0 Å². The lowest BCUT2D eigenvalue weighted by atomic mass is 9.91. The van der Waals surface area contributed by atoms with Gasteiger partial charge in [-0.1, -0.05) is 121 Å². The van der Waals surface area contributed by atoms with Crippen LogP contribution in [0.2, 0.25) is 0 Å². The van der Waals surface area contributed by atoms with Gasteiger partial charge in [-0.15, -0.1) is 11.3 Å². The third-order valence-electron chi connectivity index (χ3n) is 9.38. The minimum absolute atomic E-state index is 0.591. The van der Waals surface area contributed by atoms with Crippen molar-refractivity contribution in [3.63, 3.8) is 0 Å². The SMILES string of the molecule is c1ccc(-c2ccccc2-c2ccccc2-c2nc(-c3ccc4c(c3)oc3ccccc34)nc(-c3ccc4sc5ccccc5c4c3)n2)cc1. The summed E-state index contributed by atoms with van der Waals surface area (Å²) in [5, 5.41) is 4.60. The molecule has 0 fully saturated rings. The number of furan rings is 1. The molecule has 0 amide bonds. The van der Waals surface area contributed by atoms with Crippen molar-refractivity contribution in [1.82, 2.24) is 15.0 Å². The number of hydrogen-bond donors (Lipinski definition) is 0. The Kier molecular flexibility index (Phi) is 6.64. The van der Waals surface area contributed by atoms with Crippen LogP contribution in [0.4, 0.5) is 0 Å². The third kappa shape index (κ3) is 4.79. The number of aromatic nitrogens is 3. The molecule has 10 rings (SSSR count). The number of nitrogens with zero attached hydrogens (tertiary/aromatic N) is 3. The van der Waals surface area contributed by atoms with Crippen LogP contribution in [0.1, 0.15) is 0 Å². The Balaban J connectivity index is 1.20. The van der Waals surface area contributed by atoms with E-state index < -0.39 is 0 Å². The summed E-state index contributed by atoms with van der Waals surface area (Å²) in [6.45, 7) is 0. The van der Waals surface area contributed by atoms with Crippen LogP contribution >= 0.6 is 11.3 Å². The molecule has 0 unspecified atom stereocenters. The summed E-state index contributed by atoms with van der Waals surface area (Å²) in [4.78, 5) is 15.5. The van der Waals surface area contributed by atoms with Gasteiger partial charge in [0.25, 0.3) is 0 Å². The summed E-state index contributed by atoms with van der Waals surface area (Å²) < 4.78 is 8.79. The standard InChI is InChI=1S/C45H27N3OS/c1-2-12-28(13-3-1)31-14-4-5-15-32(31)33-16-6-7-19-37(33)45-47-43(29-23-25-42-38(26-29)36-18-9-11-21-41(36)50-42)46-44(48-45)30-22-24-35-34-17-8-10-20-39(34)49-40(35)27-30/h1-27H. The second-order valence-corrected chi connectivity index (χ2v) is 13.5. The highest BCUT2D eigenvalue weighted by Crippen LogP contribution is 2.40. The molecule has 4 nitrogen and oxygen atoms in total. The van der Waals surface area contributed by atoms with E-state index >= 15 is 0 Å². The zero-order valence-electron chi connectivity index (χ0n) is 26.7. The van der Waals surface area contributed by atoms with Crippen molar-refractivity contribution < 1.29 is 4.42 Å². The average Bonchev–Trinajstić information content (AvgIpc) is 3.76. The first kappa shape index (κ1) is 28.6. The fourth-order valence-electron chi connectivity index (χ4n) is 6.99. The lowest BCUT2D eigenvalue weighted by Gasteiger charge is -2.15. The van der Waals surface area contributed by atoms with Crippen LogP contribution in [0.15, 0.2) is 168 Å². The van der Waals surface area contributed by atoms with E-state index in [1.807, 2.05) is 30.3 Å². The maximum absolute atomic E-state index is 6.29. The maximum atomic E-state index is 6.29. The second kappa shape index (κ2) is 11.6. The van der Waals surface area contributed by atoms with Crippen molar-refractivity contribution in [2.45, 2.75) is 0 Å². The van der Waals surface area contributed by atoms with E-state index in [4.69, 9.17) is 19.4 Å². The van der Waals surface area contributed by atoms with Crippen LogP contribution in [0, 0.1) is 0 Å². The second-order valence-electron chi connectivity index (χ2n) is 12.4. The molecule has 0 saturated carbocycles. The monoisotopic (exact) mass is 657 g/mol. The smallest absolute Gasteiger partial charge is 0.164 e. The summed E-state index contributed by atoms with van der Waals surface area (Å²) in [6.07, 6.45) is 0. The Morgan fingerprint density at radius 3 is 1.72 bits per heavy atom. The van der Waals surface area contributed by atoms with Gasteiger partial charge < -0.3 is 4.42 Å². The highest BCUT2D eigenvalue weighted by atomic mass is 32.1. The minimum Gasteiger partial charge on any atom is -0.456 e. The highest BCUT2D eigenvalue weighted by molar-refractivity contribution is 7.25. The van der Waals surface area contributed by atoms with E-state index in [9.17, 15) is 0 Å². The predicted molar refractivity (Wildman–Crippen MR) is 207 cm³/mol. The van der Waals surface area contributed by atoms with Gasteiger partial charge in [-0.2, -0.15) is 0 Å². The van der Waals surface area contributed by atoms with E-state index in [0.29, 0.717) is 17.5 Å². The Morgan fingerprint density at radius 1 is 0.340 bits per heavy atom. The van der Waals surface area contributed by atoms with Gasteiger partial charge in [-0.3, -0.25) is 0 Å². The molecule has 0 aliphatic carbocycles. The summed E-state index contributed by atoms with van der Waals surface area (Å²) in [5.41, 5.74) is 8.89. The van der Waals surface area contributed by atoms with Gasteiger partial charge in [0.15, 0.2) is 17.5 Å². The van der Waals surface area contributed by atoms with E-state index in [0.717, 1.165) is 60.9 Å². The molecule has 234 valence electrons. The third-order valence-corrected chi connectivity index (χ3v) is 10.5. The van der Waals surface area contributed by atoms with Gasteiger partial charge in [0.05, 0.1) is 0 Å². The van der Waals surface area contributed by atoms with Gasteiger partial charge in [-0.25, -0.2) is 15.0 Å². The van der Waals surface area contributed by atoms with E-state index in [1.165, 1.54) is 20.2 Å². The van der Waals surface area contributed by atoms with Crippen molar-refractivity contribution >= 4 is 53.4 Å². The van der Waals surface area contributed by atoms with Gasteiger partial charge >= 0.3 is 0 Å². The highest BCUT2D eigenvalue weighted by Gasteiger charge is 2.19. The number of hydrogen-bond acceptors (Lipinski definition) is 5. The van der Waals surface area contributed by atoms with Crippen LogP contribution in [-0.4, -0.2) is 15.0 Å². The molecule has 0 N–H and O–H groups in total. The number of fused-ring (bicyclic) bond motifs is 6. The topological polar surface area (TPSA) is 51.8 Å². The fourth-order valence-corrected chi connectivity index (χ4v) is 8.07. The fraction of sp³-hybridized carbons (Fsp3) is 0. The van der Waals surface area contributed by atoms with Gasteiger partial charge in [-0.05, 0) is 64.7 Å². The van der Waals surface area contributed by atoms with Crippen LogP contribution in [0.3, 0.4) is 0 Å². The molecule has 0 radical (unpaired) electrons. The number of rotatable bonds is 5. The van der Waals surface area contributed by atoms with Crippen molar-refractivity contribution in [2.75, 3.05) is 0 Å². The van der Waals surface area contributed by atoms with Gasteiger partial charge in [0, 0.05) is 47.6 Å². The molecule has 0 aliphatic heterocycles. The first-order valence-electron chi connectivity index (χ1n) is 16.6. The summed E-state index contributed by atoms with van der Waals surface area (Å²) in [5.74, 6) is 1.83. The molecule has 7 aromatic carbocycles. The lowest BCUT2D eigenvalue weighted by molar-refractivity contribution is 0.669. The van der Waals surface area contributed by atoms with Crippen molar-refractivity contribution in [3.8, 4) is 56.4 Å². The van der Waals surface area contributed by atoms with Crippen molar-refractivity contribution in [2.24, 2.45) is 0 Å². The van der Waals surface area contributed by atoms with E-state index in [-0.39, 0.29) is 0 Å². The van der Waals surface area contributed by atoms with Gasteiger partial charge in [0.1, 0.15) is 11.2 Å². The van der Waals surface area contributed by atoms with Gasteiger partial charge in [0.2, 0.25) is 0 Å². The largest absolute Gasteiger partial charge is 0.456 e. The predicted octanol–water partition coefficient (Wildman–Crippen LogP) is 12.5. The molecule has 0 atom stereocenters. The van der Waals surface area contributed by atoms with Crippen molar-refractivity contribution in [3.05, 3.63) is 164 Å². The minimum atomic E-state index is 0.591. The normalized spacial score (nSPS) is 11.6. The van der Waals surface area contributed by atoms with Crippen molar-refractivity contribution in [1.29, 1.82) is 0 Å². The lowest BCUT2D eigenvalue weighted by Crippen LogP contribution is -2.01. The Bertz CT molecular complexity index is 2890. The first-order chi connectivity index (χ1) is 24.8. The first-order valence-corrected chi connectivity index (χ1v) is 17.4. The molecule has 0 aliphatic rings. The Labute approximate surface area is 292 Å². The molecule has 3 aromatic heterocycles. The van der Waals surface area contributed by atoms with E-state index in [2.05, 4.69) is 133 Å². The molecule has 0 bridgehead atoms. The van der Waals surface area contributed by atoms with Crippen LogP contribution < -0.4 is 0 Å². The molecular weight excluding hydrogens is 631 g/mol. The molecule has 0 saturated heterocycles. The average molecular weight is 658 g/mol. The summed E-state index contributed by atoms with van der Waals surface area (Å²) in [6, 6.07) is 56.9. The zero-order chi connectivity index (χ0) is 33.0. The molecular formula is C45H27N3OS. The Morgan fingerprint density at radius 2 is 0.900 bits per heavy atom. The molecule has 10 aromatic rings. The quantitative estimate of drug-likeness (QED) is 0.185. The number of benzene rings is 7. The summed E-state index contributed by atoms with van der Waals surface area (Å²) >= 11 is 1.80. The van der Waals surface area contributed by atoms with Crippen LogP contribution in [0.25, 0.3) is 98.5 Å². The summed E-state index contributed by atoms with van der Waals surface area (Å²) in [7, 11) is 0. The zero-order valence-corrected chi connectivity index (χ0v) is 27.6. The molecule has 50 heavy (non-hydrogen) atoms. The Hall–Kier alpha value is -6.43. The van der Waals surface area contributed by atoms with E-state index in [1.54, 1.807) is 11.3 Å². The number of para-hydroxylation sites is 1. The molecule has 3 heterocycles. The number of thiophene rings is 1. The molecule has 0 spiro atoms.